The lowest BCUT2D eigenvalue weighted by atomic mass is 9.81. The zero-order chi connectivity index (χ0) is 17.4. The van der Waals surface area contributed by atoms with Crippen LogP contribution in [0.25, 0.3) is 21.9 Å². The predicted molar refractivity (Wildman–Crippen MR) is 88.1 cm³/mol. The number of hydrogen-bond donors (Lipinski definition) is 3. The van der Waals surface area contributed by atoms with Crippen molar-refractivity contribution in [2.45, 2.75) is 32.3 Å². The lowest BCUT2D eigenvalue weighted by molar-refractivity contribution is 0.185. The van der Waals surface area contributed by atoms with Crippen LogP contribution in [0.1, 0.15) is 26.3 Å². The van der Waals surface area contributed by atoms with Crippen LogP contribution >= 0.6 is 0 Å². The van der Waals surface area contributed by atoms with Gasteiger partial charge in [-0.3, -0.25) is 4.79 Å². The van der Waals surface area contributed by atoms with Gasteiger partial charge in [-0.25, -0.2) is 0 Å². The van der Waals surface area contributed by atoms with Crippen LogP contribution in [0, 0.1) is 0 Å². The molecule has 3 aromatic rings. The van der Waals surface area contributed by atoms with Gasteiger partial charge in [-0.2, -0.15) is 0 Å². The third-order valence-corrected chi connectivity index (χ3v) is 4.96. The molecular formula is C18H16O6. The number of hydrogen-bond acceptors (Lipinski definition) is 6. The number of rotatable bonds is 0. The molecule has 2 heterocycles. The fourth-order valence-electron chi connectivity index (χ4n) is 3.30. The number of ether oxygens (including phenoxy) is 1. The second kappa shape index (κ2) is 4.35. The molecule has 124 valence electrons. The summed E-state index contributed by atoms with van der Waals surface area (Å²) < 4.78 is 11.6. The summed E-state index contributed by atoms with van der Waals surface area (Å²) in [6, 6.07) is 3.85. The van der Waals surface area contributed by atoms with Crippen molar-refractivity contribution in [1.82, 2.24) is 0 Å². The van der Waals surface area contributed by atoms with Crippen LogP contribution in [-0.2, 0) is 5.41 Å². The van der Waals surface area contributed by atoms with Gasteiger partial charge in [0.05, 0.1) is 0 Å². The second-order valence-corrected chi connectivity index (χ2v) is 6.69. The first-order chi connectivity index (χ1) is 11.2. The van der Waals surface area contributed by atoms with Crippen molar-refractivity contribution in [1.29, 1.82) is 0 Å². The van der Waals surface area contributed by atoms with E-state index in [1.165, 1.54) is 18.2 Å². The zero-order valence-corrected chi connectivity index (χ0v) is 13.4. The van der Waals surface area contributed by atoms with Crippen LogP contribution in [0.15, 0.2) is 27.4 Å². The lowest BCUT2D eigenvalue weighted by Crippen LogP contribution is -2.29. The van der Waals surface area contributed by atoms with Gasteiger partial charge in [-0.1, -0.05) is 13.8 Å². The van der Waals surface area contributed by atoms with Crippen LogP contribution in [0.4, 0.5) is 0 Å². The second-order valence-electron chi connectivity index (χ2n) is 6.69. The molecule has 0 bridgehead atoms. The molecule has 3 N–H and O–H groups in total. The van der Waals surface area contributed by atoms with Crippen LogP contribution < -0.4 is 10.2 Å². The van der Waals surface area contributed by atoms with Gasteiger partial charge >= 0.3 is 0 Å². The van der Waals surface area contributed by atoms with E-state index in [1.807, 2.05) is 20.8 Å². The summed E-state index contributed by atoms with van der Waals surface area (Å²) in [6.45, 7) is 5.80. The maximum absolute atomic E-state index is 12.8. The van der Waals surface area contributed by atoms with Crippen molar-refractivity contribution in [2.24, 2.45) is 0 Å². The summed E-state index contributed by atoms with van der Waals surface area (Å²) in [4.78, 5) is 12.8. The van der Waals surface area contributed by atoms with E-state index in [9.17, 15) is 20.1 Å². The Morgan fingerprint density at radius 3 is 2.33 bits per heavy atom. The molecule has 6 nitrogen and oxygen atoms in total. The van der Waals surface area contributed by atoms with Crippen molar-refractivity contribution in [3.8, 4) is 23.0 Å². The fourth-order valence-corrected chi connectivity index (χ4v) is 3.30. The van der Waals surface area contributed by atoms with E-state index in [4.69, 9.17) is 9.15 Å². The van der Waals surface area contributed by atoms with Gasteiger partial charge in [-0.15, -0.1) is 0 Å². The molecule has 2 aromatic carbocycles. The molecule has 1 aliphatic heterocycles. The molecule has 0 saturated heterocycles. The van der Waals surface area contributed by atoms with Crippen molar-refractivity contribution in [2.75, 3.05) is 0 Å². The Morgan fingerprint density at radius 2 is 1.62 bits per heavy atom. The summed E-state index contributed by atoms with van der Waals surface area (Å²) in [5, 5.41) is 30.1. The van der Waals surface area contributed by atoms with E-state index in [1.54, 1.807) is 0 Å². The monoisotopic (exact) mass is 328 g/mol. The molecule has 0 fully saturated rings. The first-order valence-electron chi connectivity index (χ1n) is 7.58. The Balaban J connectivity index is 2.31. The van der Waals surface area contributed by atoms with Gasteiger partial charge in [-0.05, 0) is 19.1 Å². The minimum absolute atomic E-state index is 0.0343. The van der Waals surface area contributed by atoms with E-state index >= 15 is 0 Å². The first-order valence-corrected chi connectivity index (χ1v) is 7.58. The highest BCUT2D eigenvalue weighted by Gasteiger charge is 2.42. The molecule has 0 radical (unpaired) electrons. The molecule has 0 saturated carbocycles. The average Bonchev–Trinajstić information content (AvgIpc) is 2.72. The van der Waals surface area contributed by atoms with Gasteiger partial charge in [0.25, 0.3) is 0 Å². The molecule has 4 rings (SSSR count). The summed E-state index contributed by atoms with van der Waals surface area (Å²) >= 11 is 0. The van der Waals surface area contributed by atoms with Crippen molar-refractivity contribution < 1.29 is 24.5 Å². The Morgan fingerprint density at radius 1 is 1.00 bits per heavy atom. The summed E-state index contributed by atoms with van der Waals surface area (Å²) in [7, 11) is 0. The van der Waals surface area contributed by atoms with Gasteiger partial charge in [0.2, 0.25) is 5.43 Å². The molecular weight excluding hydrogens is 312 g/mol. The topological polar surface area (TPSA) is 100 Å². The molecule has 24 heavy (non-hydrogen) atoms. The zero-order valence-electron chi connectivity index (χ0n) is 13.4. The third-order valence-electron chi connectivity index (χ3n) is 4.96. The molecule has 6 heteroatoms. The van der Waals surface area contributed by atoms with E-state index < -0.39 is 10.8 Å². The maximum atomic E-state index is 12.8. The normalized spacial score (nSPS) is 18.7. The number of aromatic hydroxyl groups is 3. The SMILES string of the molecule is C[C@@H]1Oc2cc(O)c3c(=O)c4c(O)ccc(O)c4oc3c2C1(C)C. The smallest absolute Gasteiger partial charge is 0.208 e. The Bertz CT molecular complexity index is 1080. The summed E-state index contributed by atoms with van der Waals surface area (Å²) in [5.74, 6) is -0.419. The first kappa shape index (κ1) is 14.7. The highest BCUT2D eigenvalue weighted by Crippen LogP contribution is 2.49. The van der Waals surface area contributed by atoms with E-state index in [0.717, 1.165) is 0 Å². The van der Waals surface area contributed by atoms with Crippen molar-refractivity contribution in [3.63, 3.8) is 0 Å². The van der Waals surface area contributed by atoms with Gasteiger partial charge < -0.3 is 24.5 Å². The molecule has 0 aliphatic carbocycles. The van der Waals surface area contributed by atoms with Gasteiger partial charge in [0, 0.05) is 17.0 Å². The quantitative estimate of drug-likeness (QED) is 0.433. The molecule has 0 unspecified atom stereocenters. The summed E-state index contributed by atoms with van der Waals surface area (Å²) in [5.41, 5.74) is -0.356. The fraction of sp³-hybridized carbons (Fsp3) is 0.278. The molecule has 1 atom stereocenters. The standard InChI is InChI=1S/C18H16O6/c1-7-18(2,3)14-11(23-7)6-10(21)13-15(22)12-8(19)4-5-9(20)16(12)24-17(13)14/h4-7,19-21H,1-3H3/t7-/m0/s1. The molecule has 1 aromatic heterocycles. The van der Waals surface area contributed by atoms with Crippen LogP contribution in [0.5, 0.6) is 23.0 Å². The van der Waals surface area contributed by atoms with E-state index in [0.29, 0.717) is 11.3 Å². The van der Waals surface area contributed by atoms with Crippen molar-refractivity contribution in [3.05, 3.63) is 34.0 Å². The Labute approximate surface area is 136 Å². The van der Waals surface area contributed by atoms with Crippen molar-refractivity contribution >= 4 is 21.9 Å². The van der Waals surface area contributed by atoms with E-state index in [-0.39, 0.29) is 45.3 Å². The lowest BCUT2D eigenvalue weighted by Gasteiger charge is -2.22. The van der Waals surface area contributed by atoms with Crippen LogP contribution in [0.2, 0.25) is 0 Å². The maximum Gasteiger partial charge on any atom is 0.208 e. The van der Waals surface area contributed by atoms with Crippen LogP contribution in [0.3, 0.4) is 0 Å². The Hall–Kier alpha value is -2.89. The van der Waals surface area contributed by atoms with Crippen LogP contribution in [-0.4, -0.2) is 21.4 Å². The molecule has 0 spiro atoms. The Kier molecular flexibility index (Phi) is 2.66. The highest BCUT2D eigenvalue weighted by atomic mass is 16.5. The largest absolute Gasteiger partial charge is 0.507 e. The third kappa shape index (κ3) is 1.62. The van der Waals surface area contributed by atoms with Gasteiger partial charge in [0.1, 0.15) is 39.7 Å². The number of phenols is 3. The minimum atomic E-state index is -0.602. The van der Waals surface area contributed by atoms with E-state index in [2.05, 4.69) is 0 Å². The summed E-state index contributed by atoms with van der Waals surface area (Å²) in [6.07, 6.45) is -0.184. The number of phenolic OH excluding ortho intramolecular Hbond substituents is 3. The van der Waals surface area contributed by atoms with Gasteiger partial charge in [0.15, 0.2) is 11.3 Å². The number of fused-ring (bicyclic) bond motifs is 4. The molecule has 1 aliphatic rings. The average molecular weight is 328 g/mol. The highest BCUT2D eigenvalue weighted by molar-refractivity contribution is 6.00. The number of benzene rings is 2. The minimum Gasteiger partial charge on any atom is -0.507 e. The molecule has 0 amide bonds. The predicted octanol–water partition coefficient (Wildman–Crippen LogP) is 3.12.